The Morgan fingerprint density at radius 2 is 2.19 bits per heavy atom. The molecule has 0 saturated heterocycles. The van der Waals surface area contributed by atoms with Gasteiger partial charge in [-0.15, -0.1) is 0 Å². The highest BCUT2D eigenvalue weighted by atomic mass is 16.3. The number of rotatable bonds is 8. The minimum atomic E-state index is 0.226. The predicted octanol–water partition coefficient (Wildman–Crippen LogP) is 1.40. The van der Waals surface area contributed by atoms with E-state index in [0.29, 0.717) is 0 Å². The summed E-state index contributed by atoms with van der Waals surface area (Å²) in [5.41, 5.74) is 1.20. The molecule has 0 unspecified atom stereocenters. The van der Waals surface area contributed by atoms with Gasteiger partial charge in [0.05, 0.1) is 12.3 Å². The second-order valence-corrected chi connectivity index (χ2v) is 4.15. The second kappa shape index (κ2) is 7.41. The summed E-state index contributed by atoms with van der Waals surface area (Å²) in [6, 6.07) is 2.03. The standard InChI is InChI=1S/C12H23N3O/c1-3-4-5-8-15(9-10-16)11-12-6-7-13-14(12)2/h6-7,16H,3-5,8-11H2,1-2H3. The van der Waals surface area contributed by atoms with Gasteiger partial charge in [0.25, 0.3) is 0 Å². The number of hydrogen-bond donors (Lipinski definition) is 1. The Balaban J connectivity index is 2.41. The van der Waals surface area contributed by atoms with Gasteiger partial charge in [-0.3, -0.25) is 9.58 Å². The lowest BCUT2D eigenvalue weighted by molar-refractivity contribution is 0.184. The number of aryl methyl sites for hydroxylation is 1. The predicted molar refractivity (Wildman–Crippen MR) is 65.1 cm³/mol. The molecule has 1 heterocycles. The summed E-state index contributed by atoms with van der Waals surface area (Å²) in [5.74, 6) is 0. The van der Waals surface area contributed by atoms with Gasteiger partial charge in [0.1, 0.15) is 0 Å². The number of hydrogen-bond acceptors (Lipinski definition) is 3. The number of nitrogens with zero attached hydrogens (tertiary/aromatic N) is 3. The maximum atomic E-state index is 9.03. The van der Waals surface area contributed by atoms with Crippen molar-refractivity contribution in [1.29, 1.82) is 0 Å². The molecule has 1 rings (SSSR count). The average molecular weight is 225 g/mol. The molecule has 0 aliphatic heterocycles. The molecule has 0 atom stereocenters. The number of aromatic nitrogens is 2. The van der Waals surface area contributed by atoms with Crippen LogP contribution in [0.5, 0.6) is 0 Å². The van der Waals surface area contributed by atoms with E-state index in [-0.39, 0.29) is 6.61 Å². The molecule has 92 valence electrons. The van der Waals surface area contributed by atoms with Crippen molar-refractivity contribution in [3.63, 3.8) is 0 Å². The van der Waals surface area contributed by atoms with Crippen molar-refractivity contribution < 1.29 is 5.11 Å². The molecule has 4 heteroatoms. The Hall–Kier alpha value is -0.870. The van der Waals surface area contributed by atoms with Gasteiger partial charge < -0.3 is 5.11 Å². The van der Waals surface area contributed by atoms with Gasteiger partial charge in [-0.2, -0.15) is 5.10 Å². The van der Waals surface area contributed by atoms with Crippen LogP contribution in [0, 0.1) is 0 Å². The fourth-order valence-corrected chi connectivity index (χ4v) is 1.78. The molecule has 0 bridgehead atoms. The molecular weight excluding hydrogens is 202 g/mol. The van der Waals surface area contributed by atoms with Gasteiger partial charge >= 0.3 is 0 Å². The van der Waals surface area contributed by atoms with Crippen molar-refractivity contribution in [3.05, 3.63) is 18.0 Å². The van der Waals surface area contributed by atoms with Crippen LogP contribution in [0.4, 0.5) is 0 Å². The van der Waals surface area contributed by atoms with Crippen LogP contribution in [0.1, 0.15) is 31.9 Å². The smallest absolute Gasteiger partial charge is 0.0558 e. The molecule has 4 nitrogen and oxygen atoms in total. The third-order valence-electron chi connectivity index (χ3n) is 2.80. The zero-order chi connectivity index (χ0) is 11.8. The summed E-state index contributed by atoms with van der Waals surface area (Å²) in [6.45, 7) is 5.11. The van der Waals surface area contributed by atoms with E-state index in [1.807, 2.05) is 24.0 Å². The van der Waals surface area contributed by atoms with Crippen molar-refractivity contribution in [2.24, 2.45) is 7.05 Å². The molecule has 1 aromatic rings. The first-order chi connectivity index (χ1) is 7.77. The molecule has 0 amide bonds. The van der Waals surface area contributed by atoms with E-state index in [2.05, 4.69) is 16.9 Å². The zero-order valence-corrected chi connectivity index (χ0v) is 10.4. The molecule has 0 aliphatic carbocycles. The lowest BCUT2D eigenvalue weighted by Gasteiger charge is -2.21. The minimum absolute atomic E-state index is 0.226. The van der Waals surface area contributed by atoms with E-state index in [9.17, 15) is 0 Å². The summed E-state index contributed by atoms with van der Waals surface area (Å²) in [4.78, 5) is 2.28. The Morgan fingerprint density at radius 1 is 1.38 bits per heavy atom. The van der Waals surface area contributed by atoms with Crippen LogP contribution in [0.25, 0.3) is 0 Å². The molecule has 0 aromatic carbocycles. The minimum Gasteiger partial charge on any atom is -0.395 e. The van der Waals surface area contributed by atoms with Crippen LogP contribution in [-0.2, 0) is 13.6 Å². The van der Waals surface area contributed by atoms with Gasteiger partial charge in [-0.25, -0.2) is 0 Å². The second-order valence-electron chi connectivity index (χ2n) is 4.15. The summed E-state index contributed by atoms with van der Waals surface area (Å²) in [5, 5.41) is 13.2. The molecule has 16 heavy (non-hydrogen) atoms. The molecule has 0 radical (unpaired) electrons. The molecule has 0 fully saturated rings. The molecule has 1 N–H and O–H groups in total. The Morgan fingerprint density at radius 3 is 2.75 bits per heavy atom. The third kappa shape index (κ3) is 4.33. The molecule has 1 aromatic heterocycles. The first-order valence-corrected chi connectivity index (χ1v) is 6.08. The topological polar surface area (TPSA) is 41.3 Å². The first-order valence-electron chi connectivity index (χ1n) is 6.08. The van der Waals surface area contributed by atoms with Crippen LogP contribution < -0.4 is 0 Å². The van der Waals surface area contributed by atoms with Gasteiger partial charge in [0, 0.05) is 26.3 Å². The molecular formula is C12H23N3O. The molecule has 0 saturated carbocycles. The summed E-state index contributed by atoms with van der Waals surface area (Å²) < 4.78 is 1.89. The molecule has 0 aliphatic rings. The number of aliphatic hydroxyl groups is 1. The lowest BCUT2D eigenvalue weighted by atomic mass is 10.2. The normalized spacial score (nSPS) is 11.2. The Labute approximate surface area is 97.9 Å². The van der Waals surface area contributed by atoms with Crippen LogP contribution in [0.3, 0.4) is 0 Å². The SMILES string of the molecule is CCCCCN(CCO)Cc1ccnn1C. The highest BCUT2D eigenvalue weighted by molar-refractivity contribution is 4.99. The van der Waals surface area contributed by atoms with Crippen molar-refractivity contribution in [3.8, 4) is 0 Å². The maximum Gasteiger partial charge on any atom is 0.0558 e. The Kier molecular flexibility index (Phi) is 6.11. The van der Waals surface area contributed by atoms with Crippen molar-refractivity contribution in [2.45, 2.75) is 32.7 Å². The largest absolute Gasteiger partial charge is 0.395 e. The number of unbranched alkanes of at least 4 members (excludes halogenated alkanes) is 2. The van der Waals surface area contributed by atoms with Gasteiger partial charge in [0.2, 0.25) is 0 Å². The third-order valence-corrected chi connectivity index (χ3v) is 2.80. The van der Waals surface area contributed by atoms with E-state index in [1.54, 1.807) is 0 Å². The van der Waals surface area contributed by atoms with Crippen molar-refractivity contribution in [1.82, 2.24) is 14.7 Å². The van der Waals surface area contributed by atoms with Crippen LogP contribution in [0.15, 0.2) is 12.3 Å². The van der Waals surface area contributed by atoms with E-state index in [0.717, 1.165) is 19.6 Å². The highest BCUT2D eigenvalue weighted by Crippen LogP contribution is 2.05. The van der Waals surface area contributed by atoms with E-state index < -0.39 is 0 Å². The van der Waals surface area contributed by atoms with E-state index >= 15 is 0 Å². The van der Waals surface area contributed by atoms with Gasteiger partial charge in [-0.1, -0.05) is 19.8 Å². The quantitative estimate of drug-likeness (QED) is 0.680. The fourth-order valence-electron chi connectivity index (χ4n) is 1.78. The van der Waals surface area contributed by atoms with E-state index in [1.165, 1.54) is 25.0 Å². The van der Waals surface area contributed by atoms with Crippen molar-refractivity contribution >= 4 is 0 Å². The molecule has 0 spiro atoms. The number of aliphatic hydroxyl groups excluding tert-OH is 1. The summed E-state index contributed by atoms with van der Waals surface area (Å²) in [6.07, 6.45) is 5.51. The summed E-state index contributed by atoms with van der Waals surface area (Å²) >= 11 is 0. The average Bonchev–Trinajstić information content (AvgIpc) is 2.65. The monoisotopic (exact) mass is 225 g/mol. The zero-order valence-electron chi connectivity index (χ0n) is 10.4. The van der Waals surface area contributed by atoms with Crippen LogP contribution >= 0.6 is 0 Å². The van der Waals surface area contributed by atoms with Crippen molar-refractivity contribution in [2.75, 3.05) is 19.7 Å². The first kappa shape index (κ1) is 13.2. The van der Waals surface area contributed by atoms with Crippen LogP contribution in [-0.4, -0.2) is 39.5 Å². The Bertz CT molecular complexity index is 286. The van der Waals surface area contributed by atoms with Gasteiger partial charge in [-0.05, 0) is 19.0 Å². The fraction of sp³-hybridized carbons (Fsp3) is 0.750. The maximum absolute atomic E-state index is 9.03. The summed E-state index contributed by atoms with van der Waals surface area (Å²) in [7, 11) is 1.96. The van der Waals surface area contributed by atoms with E-state index in [4.69, 9.17) is 5.11 Å². The lowest BCUT2D eigenvalue weighted by Crippen LogP contribution is -2.28. The highest BCUT2D eigenvalue weighted by Gasteiger charge is 2.07. The van der Waals surface area contributed by atoms with Crippen LogP contribution in [0.2, 0.25) is 0 Å². The van der Waals surface area contributed by atoms with Gasteiger partial charge in [0.15, 0.2) is 0 Å².